The number of aryl methyl sites for hydroxylation is 2. The van der Waals surface area contributed by atoms with E-state index in [2.05, 4.69) is 29.2 Å². The lowest BCUT2D eigenvalue weighted by Gasteiger charge is -2.36. The summed E-state index contributed by atoms with van der Waals surface area (Å²) in [5.74, 6) is 0. The predicted molar refractivity (Wildman–Crippen MR) is 94.9 cm³/mol. The number of hydrogen-bond acceptors (Lipinski definition) is 3. The van der Waals surface area contributed by atoms with E-state index in [0.29, 0.717) is 6.04 Å². The first-order chi connectivity index (χ1) is 11.5. The molecule has 0 aromatic carbocycles. The normalized spacial score (nSPS) is 20.4. The van der Waals surface area contributed by atoms with Gasteiger partial charge in [-0.1, -0.05) is 19.3 Å². The van der Waals surface area contributed by atoms with Crippen LogP contribution in [0.3, 0.4) is 0 Å². The fourth-order valence-corrected chi connectivity index (χ4v) is 3.89. The van der Waals surface area contributed by atoms with Crippen molar-refractivity contribution in [1.29, 1.82) is 0 Å². The van der Waals surface area contributed by atoms with Gasteiger partial charge in [0.25, 0.3) is 0 Å². The number of rotatable bonds is 3. The van der Waals surface area contributed by atoms with Crippen molar-refractivity contribution in [2.45, 2.75) is 58.5 Å². The predicted octanol–water partition coefficient (Wildman–Crippen LogP) is 2.20. The Bertz CT molecular complexity index is 568. The van der Waals surface area contributed by atoms with E-state index in [0.717, 1.165) is 51.3 Å². The van der Waals surface area contributed by atoms with Crippen LogP contribution in [0.15, 0.2) is 0 Å². The van der Waals surface area contributed by atoms with E-state index in [1.807, 2.05) is 16.6 Å². The van der Waals surface area contributed by atoms with Gasteiger partial charge in [0.05, 0.1) is 5.69 Å². The molecule has 0 unspecified atom stereocenters. The molecule has 0 radical (unpaired) electrons. The van der Waals surface area contributed by atoms with Crippen LogP contribution in [0.25, 0.3) is 0 Å². The van der Waals surface area contributed by atoms with Crippen LogP contribution in [0.1, 0.15) is 49.1 Å². The Morgan fingerprint density at radius 3 is 2.38 bits per heavy atom. The van der Waals surface area contributed by atoms with E-state index >= 15 is 0 Å². The minimum atomic E-state index is 0.135. The first kappa shape index (κ1) is 17.3. The molecule has 2 aliphatic rings. The molecular weight excluding hydrogens is 302 g/mol. The third kappa shape index (κ3) is 3.91. The van der Waals surface area contributed by atoms with Gasteiger partial charge in [0.15, 0.2) is 0 Å². The number of carbonyl (C=O) groups excluding carboxylic acids is 1. The molecule has 0 atom stereocenters. The molecule has 1 saturated carbocycles. The molecule has 6 heteroatoms. The van der Waals surface area contributed by atoms with Gasteiger partial charge >= 0.3 is 6.03 Å². The van der Waals surface area contributed by atoms with Gasteiger partial charge in [0.1, 0.15) is 0 Å². The Morgan fingerprint density at radius 1 is 1.12 bits per heavy atom. The molecule has 2 heterocycles. The molecule has 2 amide bonds. The second-order valence-corrected chi connectivity index (χ2v) is 7.32. The highest BCUT2D eigenvalue weighted by molar-refractivity contribution is 5.74. The number of urea groups is 1. The van der Waals surface area contributed by atoms with Gasteiger partial charge in [-0.2, -0.15) is 5.10 Å². The van der Waals surface area contributed by atoms with Crippen molar-refractivity contribution in [2.75, 3.05) is 26.2 Å². The quantitative estimate of drug-likeness (QED) is 0.922. The summed E-state index contributed by atoms with van der Waals surface area (Å²) >= 11 is 0. The Kier molecular flexibility index (Phi) is 5.43. The Labute approximate surface area is 145 Å². The van der Waals surface area contributed by atoms with Crippen molar-refractivity contribution >= 4 is 6.03 Å². The second kappa shape index (κ2) is 7.55. The number of hydrogen-bond donors (Lipinski definition) is 1. The molecule has 6 nitrogen and oxygen atoms in total. The third-order valence-corrected chi connectivity index (χ3v) is 5.63. The largest absolute Gasteiger partial charge is 0.335 e. The Hall–Kier alpha value is -1.56. The average molecular weight is 333 g/mol. The fourth-order valence-electron chi connectivity index (χ4n) is 3.89. The van der Waals surface area contributed by atoms with E-state index in [1.54, 1.807) is 0 Å². The standard InChI is InChI=1S/C18H31N5O/c1-14-17(15(2)21(3)20-14)13-22-9-11-23(12-10-22)18(24)19-16-7-5-4-6-8-16/h16H,4-13H2,1-3H3,(H,19,24). The molecule has 2 fully saturated rings. The van der Waals surface area contributed by atoms with E-state index in [-0.39, 0.29) is 6.03 Å². The summed E-state index contributed by atoms with van der Waals surface area (Å²) < 4.78 is 1.96. The van der Waals surface area contributed by atoms with Gasteiger partial charge in [-0.25, -0.2) is 4.79 Å². The highest BCUT2D eigenvalue weighted by Gasteiger charge is 2.24. The van der Waals surface area contributed by atoms with Crippen molar-refractivity contribution in [3.63, 3.8) is 0 Å². The molecule has 1 aliphatic carbocycles. The SMILES string of the molecule is Cc1nn(C)c(C)c1CN1CCN(C(=O)NC2CCCCC2)CC1. The van der Waals surface area contributed by atoms with E-state index in [4.69, 9.17) is 0 Å². The number of carbonyl (C=O) groups is 1. The van der Waals surface area contributed by atoms with Crippen LogP contribution in [0, 0.1) is 13.8 Å². The molecule has 134 valence electrons. The second-order valence-electron chi connectivity index (χ2n) is 7.32. The highest BCUT2D eigenvalue weighted by atomic mass is 16.2. The van der Waals surface area contributed by atoms with Crippen LogP contribution < -0.4 is 5.32 Å². The maximum atomic E-state index is 12.4. The van der Waals surface area contributed by atoms with Gasteiger partial charge in [0, 0.05) is 57.1 Å². The number of amides is 2. The number of nitrogens with one attached hydrogen (secondary N) is 1. The minimum Gasteiger partial charge on any atom is -0.335 e. The highest BCUT2D eigenvalue weighted by Crippen LogP contribution is 2.18. The van der Waals surface area contributed by atoms with Crippen molar-refractivity contribution < 1.29 is 4.79 Å². The van der Waals surface area contributed by atoms with Gasteiger partial charge in [-0.05, 0) is 26.7 Å². The van der Waals surface area contributed by atoms with Crippen LogP contribution in [0.2, 0.25) is 0 Å². The summed E-state index contributed by atoms with van der Waals surface area (Å²) in [6.45, 7) is 8.65. The zero-order valence-corrected chi connectivity index (χ0v) is 15.3. The summed E-state index contributed by atoms with van der Waals surface area (Å²) in [7, 11) is 2.00. The molecule has 1 aromatic rings. The monoisotopic (exact) mass is 333 g/mol. The zero-order chi connectivity index (χ0) is 17.1. The first-order valence-corrected chi connectivity index (χ1v) is 9.31. The zero-order valence-electron chi connectivity index (χ0n) is 15.3. The van der Waals surface area contributed by atoms with Crippen molar-refractivity contribution in [2.24, 2.45) is 7.05 Å². The number of piperazine rings is 1. The van der Waals surface area contributed by atoms with Crippen molar-refractivity contribution in [3.8, 4) is 0 Å². The summed E-state index contributed by atoms with van der Waals surface area (Å²) in [5, 5.41) is 7.73. The molecule has 1 aromatic heterocycles. The molecule has 1 aliphatic heterocycles. The molecule has 24 heavy (non-hydrogen) atoms. The van der Waals surface area contributed by atoms with Gasteiger partial charge in [-0.3, -0.25) is 9.58 Å². The Morgan fingerprint density at radius 2 is 1.79 bits per heavy atom. The van der Waals surface area contributed by atoms with Gasteiger partial charge in [0.2, 0.25) is 0 Å². The number of aromatic nitrogens is 2. The number of nitrogens with zero attached hydrogens (tertiary/aromatic N) is 4. The van der Waals surface area contributed by atoms with E-state index in [9.17, 15) is 4.79 Å². The molecule has 1 saturated heterocycles. The topological polar surface area (TPSA) is 53.4 Å². The van der Waals surface area contributed by atoms with Gasteiger partial charge in [-0.15, -0.1) is 0 Å². The Balaban J connectivity index is 1.47. The lowest BCUT2D eigenvalue weighted by atomic mass is 9.96. The third-order valence-electron chi connectivity index (χ3n) is 5.63. The molecular formula is C18H31N5O. The average Bonchev–Trinajstić information content (AvgIpc) is 2.83. The smallest absolute Gasteiger partial charge is 0.317 e. The summed E-state index contributed by atoms with van der Waals surface area (Å²) in [6.07, 6.45) is 6.11. The molecule has 3 rings (SSSR count). The summed E-state index contributed by atoms with van der Waals surface area (Å²) in [5.41, 5.74) is 3.69. The maximum Gasteiger partial charge on any atom is 0.317 e. The van der Waals surface area contributed by atoms with Crippen LogP contribution in [0.5, 0.6) is 0 Å². The van der Waals surface area contributed by atoms with Gasteiger partial charge < -0.3 is 10.2 Å². The van der Waals surface area contributed by atoms with Crippen LogP contribution in [-0.4, -0.2) is 57.8 Å². The molecule has 0 spiro atoms. The van der Waals surface area contributed by atoms with Crippen LogP contribution >= 0.6 is 0 Å². The van der Waals surface area contributed by atoms with Crippen LogP contribution in [0.4, 0.5) is 4.79 Å². The molecule has 0 bridgehead atoms. The van der Waals surface area contributed by atoms with E-state index in [1.165, 1.54) is 30.5 Å². The lowest BCUT2D eigenvalue weighted by molar-refractivity contribution is 0.131. The van der Waals surface area contributed by atoms with Crippen LogP contribution in [-0.2, 0) is 13.6 Å². The van der Waals surface area contributed by atoms with Crippen molar-refractivity contribution in [3.05, 3.63) is 17.0 Å². The van der Waals surface area contributed by atoms with E-state index < -0.39 is 0 Å². The summed E-state index contributed by atoms with van der Waals surface area (Å²) in [4.78, 5) is 16.8. The van der Waals surface area contributed by atoms with Crippen molar-refractivity contribution in [1.82, 2.24) is 24.9 Å². The first-order valence-electron chi connectivity index (χ1n) is 9.31. The summed E-state index contributed by atoms with van der Waals surface area (Å²) in [6, 6.07) is 0.528. The lowest BCUT2D eigenvalue weighted by Crippen LogP contribution is -2.53. The fraction of sp³-hybridized carbons (Fsp3) is 0.778. The molecule has 1 N–H and O–H groups in total. The minimum absolute atomic E-state index is 0.135. The maximum absolute atomic E-state index is 12.4.